The predicted octanol–water partition coefficient (Wildman–Crippen LogP) is 4.45. The minimum absolute atomic E-state index is 0.352. The highest BCUT2D eigenvalue weighted by Gasteiger charge is 2.28. The van der Waals surface area contributed by atoms with Crippen LogP contribution in [0.1, 0.15) is 32.8 Å². The number of carbonyl (C=O) groups is 1. The van der Waals surface area contributed by atoms with Gasteiger partial charge in [-0.05, 0) is 42.8 Å². The molecule has 0 aliphatic carbocycles. The number of amides is 1. The average Bonchev–Trinajstić information content (AvgIpc) is 2.52. The SMILES string of the molecule is CCOP(=S)(SC(C)CC)N(C=O)Cc1cccc(OC)c1. The molecule has 0 heterocycles. The molecule has 0 bridgehead atoms. The number of carbonyl (C=O) groups excluding carboxylic acids is 1. The van der Waals surface area contributed by atoms with Gasteiger partial charge < -0.3 is 9.26 Å². The first-order valence-electron chi connectivity index (χ1n) is 7.27. The third-order valence-electron chi connectivity index (χ3n) is 3.10. The molecule has 0 aliphatic heterocycles. The second-order valence-electron chi connectivity index (χ2n) is 4.77. The van der Waals surface area contributed by atoms with Crippen LogP contribution in [0.4, 0.5) is 0 Å². The summed E-state index contributed by atoms with van der Waals surface area (Å²) >= 11 is 7.34. The maximum Gasteiger partial charge on any atom is 0.216 e. The quantitative estimate of drug-likeness (QED) is 0.455. The lowest BCUT2D eigenvalue weighted by atomic mass is 10.2. The van der Waals surface area contributed by atoms with Gasteiger partial charge in [0.25, 0.3) is 0 Å². The fourth-order valence-electron chi connectivity index (χ4n) is 1.77. The molecule has 124 valence electrons. The molecule has 0 N–H and O–H groups in total. The van der Waals surface area contributed by atoms with E-state index in [4.69, 9.17) is 21.1 Å². The summed E-state index contributed by atoms with van der Waals surface area (Å²) in [5.41, 5.74) is -1.44. The summed E-state index contributed by atoms with van der Waals surface area (Å²) in [6, 6.07) is 7.65. The average molecular weight is 361 g/mol. The van der Waals surface area contributed by atoms with Crippen LogP contribution in [-0.2, 0) is 27.7 Å². The topological polar surface area (TPSA) is 38.8 Å². The van der Waals surface area contributed by atoms with Crippen molar-refractivity contribution in [3.63, 3.8) is 0 Å². The van der Waals surface area contributed by atoms with Crippen LogP contribution in [0.2, 0.25) is 0 Å². The summed E-state index contributed by atoms with van der Waals surface area (Å²) in [5, 5.41) is 0.352. The molecule has 1 aromatic rings. The largest absolute Gasteiger partial charge is 0.497 e. The van der Waals surface area contributed by atoms with Gasteiger partial charge in [0.15, 0.2) is 0 Å². The van der Waals surface area contributed by atoms with Gasteiger partial charge in [-0.3, -0.25) is 9.46 Å². The van der Waals surface area contributed by atoms with E-state index in [0.717, 1.165) is 24.1 Å². The van der Waals surface area contributed by atoms with Gasteiger partial charge in [0.2, 0.25) is 12.0 Å². The molecule has 22 heavy (non-hydrogen) atoms. The highest BCUT2D eigenvalue weighted by atomic mass is 32.9. The van der Waals surface area contributed by atoms with E-state index >= 15 is 0 Å². The van der Waals surface area contributed by atoms with Gasteiger partial charge in [0, 0.05) is 5.25 Å². The first kappa shape index (κ1) is 19.5. The van der Waals surface area contributed by atoms with Crippen LogP contribution in [0.15, 0.2) is 24.3 Å². The first-order chi connectivity index (χ1) is 10.5. The molecule has 2 unspecified atom stereocenters. The van der Waals surface area contributed by atoms with E-state index in [9.17, 15) is 4.79 Å². The molecular weight excluding hydrogens is 337 g/mol. The van der Waals surface area contributed by atoms with Gasteiger partial charge in [0.1, 0.15) is 5.75 Å². The van der Waals surface area contributed by atoms with Crippen molar-refractivity contribution in [1.29, 1.82) is 0 Å². The van der Waals surface area contributed by atoms with E-state index in [1.54, 1.807) is 23.2 Å². The van der Waals surface area contributed by atoms with E-state index in [2.05, 4.69) is 13.8 Å². The van der Waals surface area contributed by atoms with E-state index in [0.29, 0.717) is 18.4 Å². The predicted molar refractivity (Wildman–Crippen MR) is 97.9 cm³/mol. The van der Waals surface area contributed by atoms with Crippen LogP contribution in [0.3, 0.4) is 0 Å². The van der Waals surface area contributed by atoms with Crippen LogP contribution in [0, 0.1) is 0 Å². The molecule has 0 radical (unpaired) electrons. The number of rotatable bonds is 10. The second kappa shape index (κ2) is 9.56. The third-order valence-corrected chi connectivity index (χ3v) is 10.0. The minimum Gasteiger partial charge on any atom is -0.497 e. The second-order valence-corrected chi connectivity index (χ2v) is 11.8. The molecule has 0 saturated heterocycles. The Morgan fingerprint density at radius 3 is 2.73 bits per heavy atom. The van der Waals surface area contributed by atoms with Gasteiger partial charge in [0.05, 0.1) is 20.3 Å². The molecule has 2 atom stereocenters. The van der Waals surface area contributed by atoms with Crippen molar-refractivity contribution in [2.75, 3.05) is 13.7 Å². The fraction of sp³-hybridized carbons (Fsp3) is 0.533. The third kappa shape index (κ3) is 5.58. The Labute approximate surface area is 142 Å². The summed E-state index contributed by atoms with van der Waals surface area (Å²) < 4.78 is 12.7. The van der Waals surface area contributed by atoms with E-state index in [1.807, 2.05) is 31.2 Å². The summed E-state index contributed by atoms with van der Waals surface area (Å²) in [4.78, 5) is 11.6. The summed E-state index contributed by atoms with van der Waals surface area (Å²) in [6.07, 6.45) is 1.80. The van der Waals surface area contributed by atoms with Gasteiger partial charge in [-0.25, -0.2) is 0 Å². The zero-order valence-corrected chi connectivity index (χ0v) is 16.0. The zero-order valence-electron chi connectivity index (χ0n) is 13.5. The van der Waals surface area contributed by atoms with Crippen LogP contribution >= 0.6 is 17.0 Å². The Hall–Kier alpha value is -0.550. The Balaban J connectivity index is 2.98. The Kier molecular flexibility index (Phi) is 8.47. The van der Waals surface area contributed by atoms with E-state index in [-0.39, 0.29) is 0 Å². The fourth-order valence-corrected chi connectivity index (χ4v) is 8.37. The summed E-state index contributed by atoms with van der Waals surface area (Å²) in [6.45, 7) is 7.06. The minimum atomic E-state index is -2.42. The monoisotopic (exact) mass is 361 g/mol. The Morgan fingerprint density at radius 1 is 1.45 bits per heavy atom. The number of nitrogens with zero attached hydrogens (tertiary/aromatic N) is 1. The molecule has 1 aromatic carbocycles. The standard InChI is InChI=1S/C15H24NO3PS2/c1-5-13(3)22-20(21,19-6-2)16(12-17)11-14-8-7-9-15(10-14)18-4/h7-10,12-13H,5-6,11H2,1-4H3. The van der Waals surface area contributed by atoms with E-state index in [1.165, 1.54) is 0 Å². The zero-order chi connectivity index (χ0) is 16.6. The lowest BCUT2D eigenvalue weighted by Crippen LogP contribution is -2.19. The molecule has 0 saturated carbocycles. The van der Waals surface area contributed by atoms with Crippen LogP contribution < -0.4 is 4.74 Å². The van der Waals surface area contributed by atoms with Gasteiger partial charge in [-0.15, -0.1) is 0 Å². The van der Waals surface area contributed by atoms with Crippen LogP contribution in [0.25, 0.3) is 0 Å². The van der Waals surface area contributed by atoms with Crippen LogP contribution in [0.5, 0.6) is 5.75 Å². The summed E-state index contributed by atoms with van der Waals surface area (Å²) in [7, 11) is 1.62. The smallest absolute Gasteiger partial charge is 0.216 e. The lowest BCUT2D eigenvalue weighted by molar-refractivity contribution is -0.114. The molecule has 0 aromatic heterocycles. The molecule has 0 fully saturated rings. The molecule has 1 rings (SSSR count). The highest BCUT2D eigenvalue weighted by Crippen LogP contribution is 2.64. The summed E-state index contributed by atoms with van der Waals surface area (Å²) in [5.74, 6) is 0.766. The number of ether oxygens (including phenoxy) is 1. The van der Waals surface area contributed by atoms with E-state index < -0.39 is 5.62 Å². The van der Waals surface area contributed by atoms with Crippen molar-refractivity contribution in [3.8, 4) is 5.75 Å². The van der Waals surface area contributed by atoms with Crippen molar-refractivity contribution < 1.29 is 14.1 Å². The maximum absolute atomic E-state index is 11.6. The first-order valence-corrected chi connectivity index (χ1v) is 11.4. The van der Waals surface area contributed by atoms with Crippen LogP contribution in [-0.4, -0.2) is 30.0 Å². The molecular formula is C15H24NO3PS2. The van der Waals surface area contributed by atoms with Crippen molar-refractivity contribution >= 4 is 35.2 Å². The molecule has 0 aliphatic rings. The number of methoxy groups -OCH3 is 1. The normalized spacial score (nSPS) is 14.9. The van der Waals surface area contributed by atoms with Crippen molar-refractivity contribution in [2.45, 2.75) is 39.0 Å². The molecule has 7 heteroatoms. The highest BCUT2D eigenvalue weighted by molar-refractivity contribution is 8.68. The van der Waals surface area contributed by atoms with Crippen molar-refractivity contribution in [2.24, 2.45) is 0 Å². The number of hydrogen-bond acceptors (Lipinski definition) is 5. The van der Waals surface area contributed by atoms with Gasteiger partial charge in [-0.2, -0.15) is 0 Å². The van der Waals surface area contributed by atoms with Gasteiger partial charge in [-0.1, -0.05) is 37.4 Å². The maximum atomic E-state index is 11.6. The Bertz CT molecular complexity index is 527. The molecule has 4 nitrogen and oxygen atoms in total. The van der Waals surface area contributed by atoms with Crippen molar-refractivity contribution in [3.05, 3.63) is 29.8 Å². The number of hydrogen-bond donors (Lipinski definition) is 0. The lowest BCUT2D eigenvalue weighted by Gasteiger charge is -2.32. The number of benzene rings is 1. The van der Waals surface area contributed by atoms with Gasteiger partial charge >= 0.3 is 0 Å². The van der Waals surface area contributed by atoms with Crippen molar-refractivity contribution in [1.82, 2.24) is 4.67 Å². The molecule has 0 spiro atoms. The molecule has 1 amide bonds. The Morgan fingerprint density at radius 2 is 2.18 bits per heavy atom.